The van der Waals surface area contributed by atoms with E-state index in [1.165, 1.54) is 11.6 Å². The van der Waals surface area contributed by atoms with E-state index in [0.717, 1.165) is 11.3 Å². The summed E-state index contributed by atoms with van der Waals surface area (Å²) >= 11 is 0. The van der Waals surface area contributed by atoms with Crippen LogP contribution in [0.25, 0.3) is 0 Å². The maximum absolute atomic E-state index is 13.3. The van der Waals surface area contributed by atoms with Crippen LogP contribution in [0.2, 0.25) is 0 Å². The first-order chi connectivity index (χ1) is 8.66. The highest BCUT2D eigenvalue weighted by Crippen LogP contribution is 2.25. The molecule has 0 aliphatic carbocycles. The summed E-state index contributed by atoms with van der Waals surface area (Å²) in [4.78, 5) is 0. The van der Waals surface area contributed by atoms with Gasteiger partial charge in [-0.3, -0.25) is 0 Å². The zero-order valence-corrected chi connectivity index (χ0v) is 10.8. The molecule has 0 aliphatic heterocycles. The zero-order chi connectivity index (χ0) is 13.0. The van der Waals surface area contributed by atoms with Crippen molar-refractivity contribution in [2.75, 3.05) is 5.32 Å². The largest absolute Gasteiger partial charge is 0.381 e. The summed E-state index contributed by atoms with van der Waals surface area (Å²) in [6.07, 6.45) is 0. The third-order valence-corrected chi connectivity index (χ3v) is 2.96. The van der Waals surface area contributed by atoms with E-state index in [2.05, 4.69) is 31.3 Å². The molecule has 2 rings (SSSR count). The molecule has 0 amide bonds. The molecule has 18 heavy (non-hydrogen) atoms. The predicted molar refractivity (Wildman–Crippen MR) is 74.3 cm³/mol. The van der Waals surface area contributed by atoms with Crippen molar-refractivity contribution in [2.45, 2.75) is 26.3 Å². The molecule has 0 bridgehead atoms. The van der Waals surface area contributed by atoms with E-state index in [9.17, 15) is 4.39 Å². The topological polar surface area (TPSA) is 12.0 Å². The van der Waals surface area contributed by atoms with Gasteiger partial charge in [0.2, 0.25) is 0 Å². The zero-order valence-electron chi connectivity index (χ0n) is 10.8. The van der Waals surface area contributed by atoms with E-state index in [4.69, 9.17) is 0 Å². The molecule has 94 valence electrons. The second-order valence-electron chi connectivity index (χ2n) is 4.73. The van der Waals surface area contributed by atoms with Crippen molar-refractivity contribution < 1.29 is 4.39 Å². The summed E-state index contributed by atoms with van der Waals surface area (Å²) in [5, 5.41) is 3.31. The molecule has 0 saturated carbocycles. The van der Waals surface area contributed by atoms with Gasteiger partial charge in [0.1, 0.15) is 5.82 Å². The monoisotopic (exact) mass is 243 g/mol. The van der Waals surface area contributed by atoms with Gasteiger partial charge in [-0.1, -0.05) is 50.2 Å². The first kappa shape index (κ1) is 12.6. The highest BCUT2D eigenvalue weighted by molar-refractivity contribution is 5.53. The predicted octanol–water partition coefficient (Wildman–Crippen LogP) is 4.56. The fourth-order valence-corrected chi connectivity index (χ4v) is 1.98. The Balaban J connectivity index is 2.15. The Morgan fingerprint density at radius 2 is 1.78 bits per heavy atom. The number of anilines is 1. The van der Waals surface area contributed by atoms with Crippen LogP contribution in [0.3, 0.4) is 0 Å². The van der Waals surface area contributed by atoms with Crippen LogP contribution in [0.4, 0.5) is 10.1 Å². The van der Waals surface area contributed by atoms with E-state index < -0.39 is 0 Å². The van der Waals surface area contributed by atoms with E-state index in [-0.39, 0.29) is 5.82 Å². The molecule has 1 nitrogen and oxygen atoms in total. The number of benzene rings is 2. The summed E-state index contributed by atoms with van der Waals surface area (Å²) < 4.78 is 13.3. The van der Waals surface area contributed by atoms with Crippen molar-refractivity contribution in [1.29, 1.82) is 0 Å². The smallest absolute Gasteiger partial charge is 0.125 e. The van der Waals surface area contributed by atoms with Crippen molar-refractivity contribution in [3.05, 3.63) is 65.5 Å². The van der Waals surface area contributed by atoms with Crippen molar-refractivity contribution in [2.24, 2.45) is 0 Å². The van der Waals surface area contributed by atoms with Crippen molar-refractivity contribution in [3.8, 4) is 0 Å². The van der Waals surface area contributed by atoms with Crippen LogP contribution < -0.4 is 5.32 Å². The molecule has 0 saturated heterocycles. The first-order valence-corrected chi connectivity index (χ1v) is 6.24. The Labute approximate surface area is 108 Å². The van der Waals surface area contributed by atoms with Gasteiger partial charge in [-0.15, -0.1) is 0 Å². The molecular formula is C16H18FN. The maximum Gasteiger partial charge on any atom is 0.125 e. The summed E-state index contributed by atoms with van der Waals surface area (Å²) in [5.74, 6) is 0.179. The third-order valence-electron chi connectivity index (χ3n) is 2.96. The van der Waals surface area contributed by atoms with E-state index >= 15 is 0 Å². The van der Waals surface area contributed by atoms with Gasteiger partial charge < -0.3 is 5.32 Å². The number of hydrogen-bond acceptors (Lipinski definition) is 1. The Morgan fingerprint density at radius 1 is 1.06 bits per heavy atom. The van der Waals surface area contributed by atoms with Crippen LogP contribution in [0.15, 0.2) is 48.5 Å². The fraction of sp³-hybridized carbons (Fsp3) is 0.250. The van der Waals surface area contributed by atoms with Gasteiger partial charge in [-0.2, -0.15) is 0 Å². The lowest BCUT2D eigenvalue weighted by Gasteiger charge is -2.15. The van der Waals surface area contributed by atoms with Crippen LogP contribution in [0, 0.1) is 5.82 Å². The number of halogens is 1. The van der Waals surface area contributed by atoms with Crippen LogP contribution in [0.1, 0.15) is 30.9 Å². The summed E-state index contributed by atoms with van der Waals surface area (Å²) in [7, 11) is 0. The third kappa shape index (κ3) is 3.10. The van der Waals surface area contributed by atoms with Gasteiger partial charge in [0.15, 0.2) is 0 Å². The SMILES string of the molecule is CC(C)c1ccc(F)cc1NCc1ccccc1. The number of nitrogens with one attached hydrogen (secondary N) is 1. The van der Waals surface area contributed by atoms with Crippen LogP contribution >= 0.6 is 0 Å². The lowest BCUT2D eigenvalue weighted by molar-refractivity contribution is 0.626. The Kier molecular flexibility index (Phi) is 3.98. The van der Waals surface area contributed by atoms with Crippen LogP contribution in [-0.4, -0.2) is 0 Å². The molecule has 2 heteroatoms. The fourth-order valence-electron chi connectivity index (χ4n) is 1.98. The maximum atomic E-state index is 13.3. The normalized spacial score (nSPS) is 10.7. The lowest BCUT2D eigenvalue weighted by Crippen LogP contribution is -2.03. The number of rotatable bonds is 4. The van der Waals surface area contributed by atoms with Gasteiger partial charge in [-0.05, 0) is 29.2 Å². The minimum Gasteiger partial charge on any atom is -0.381 e. The van der Waals surface area contributed by atoms with E-state index in [1.807, 2.05) is 24.3 Å². The molecule has 0 fully saturated rings. The minimum atomic E-state index is -0.199. The second-order valence-corrected chi connectivity index (χ2v) is 4.73. The average molecular weight is 243 g/mol. The minimum absolute atomic E-state index is 0.199. The standard InChI is InChI=1S/C16H18FN/c1-12(2)15-9-8-14(17)10-16(15)18-11-13-6-4-3-5-7-13/h3-10,12,18H,11H2,1-2H3. The van der Waals surface area contributed by atoms with Gasteiger partial charge >= 0.3 is 0 Å². The molecule has 0 spiro atoms. The molecule has 0 heterocycles. The highest BCUT2D eigenvalue weighted by atomic mass is 19.1. The van der Waals surface area contributed by atoms with Crippen molar-refractivity contribution >= 4 is 5.69 Å². The quantitative estimate of drug-likeness (QED) is 0.830. The van der Waals surface area contributed by atoms with E-state index in [0.29, 0.717) is 12.5 Å². The number of hydrogen-bond donors (Lipinski definition) is 1. The summed E-state index contributed by atoms with van der Waals surface area (Å²) in [6.45, 7) is 4.94. The van der Waals surface area contributed by atoms with Crippen molar-refractivity contribution in [3.63, 3.8) is 0 Å². The van der Waals surface area contributed by atoms with Crippen LogP contribution in [0.5, 0.6) is 0 Å². The molecule has 2 aromatic rings. The molecule has 0 radical (unpaired) electrons. The first-order valence-electron chi connectivity index (χ1n) is 6.24. The molecule has 0 aromatic heterocycles. The summed E-state index contributed by atoms with van der Waals surface area (Å²) in [6, 6.07) is 15.1. The second kappa shape index (κ2) is 5.67. The van der Waals surface area contributed by atoms with Gasteiger partial charge in [-0.25, -0.2) is 4.39 Å². The molecule has 2 aromatic carbocycles. The van der Waals surface area contributed by atoms with Crippen molar-refractivity contribution in [1.82, 2.24) is 0 Å². The summed E-state index contributed by atoms with van der Waals surface area (Å²) in [5.41, 5.74) is 3.22. The van der Waals surface area contributed by atoms with Gasteiger partial charge in [0.05, 0.1) is 0 Å². The van der Waals surface area contributed by atoms with Gasteiger partial charge in [0, 0.05) is 12.2 Å². The Bertz CT molecular complexity index is 506. The molecular weight excluding hydrogens is 225 g/mol. The van der Waals surface area contributed by atoms with Crippen LogP contribution in [-0.2, 0) is 6.54 Å². The molecule has 0 aliphatic rings. The Morgan fingerprint density at radius 3 is 2.44 bits per heavy atom. The highest BCUT2D eigenvalue weighted by Gasteiger charge is 2.07. The van der Waals surface area contributed by atoms with Gasteiger partial charge in [0.25, 0.3) is 0 Å². The lowest BCUT2D eigenvalue weighted by atomic mass is 10.0. The average Bonchev–Trinajstić information content (AvgIpc) is 2.37. The van der Waals surface area contributed by atoms with E-state index in [1.54, 1.807) is 6.07 Å². The molecule has 0 atom stereocenters. The molecule has 1 N–H and O–H groups in total. The molecule has 0 unspecified atom stereocenters. The Hall–Kier alpha value is -1.83.